The summed E-state index contributed by atoms with van der Waals surface area (Å²) in [7, 11) is 0. The van der Waals surface area contributed by atoms with E-state index in [0.29, 0.717) is 21.3 Å². The summed E-state index contributed by atoms with van der Waals surface area (Å²) < 4.78 is 1.08. The van der Waals surface area contributed by atoms with Gasteiger partial charge in [0, 0.05) is 10.7 Å². The van der Waals surface area contributed by atoms with Crippen molar-refractivity contribution in [3.8, 4) is 0 Å². The Labute approximate surface area is 129 Å². The van der Waals surface area contributed by atoms with Gasteiger partial charge in [0.15, 0.2) is 0 Å². The van der Waals surface area contributed by atoms with Crippen LogP contribution in [0.25, 0.3) is 10.2 Å². The van der Waals surface area contributed by atoms with Gasteiger partial charge in [0.1, 0.15) is 0 Å². The molecule has 3 aromatic rings. The van der Waals surface area contributed by atoms with E-state index in [1.807, 2.05) is 18.2 Å². The van der Waals surface area contributed by atoms with Crippen LogP contribution in [0.2, 0.25) is 10.0 Å². The molecule has 0 aliphatic heterocycles. The first-order valence-electron chi connectivity index (χ1n) is 5.73. The molecule has 0 aliphatic carbocycles. The number of benzene rings is 2. The van der Waals surface area contributed by atoms with Crippen LogP contribution in [0.1, 0.15) is 10.4 Å². The van der Waals surface area contributed by atoms with E-state index in [1.54, 1.807) is 35.0 Å². The highest BCUT2D eigenvalue weighted by atomic mass is 35.5. The van der Waals surface area contributed by atoms with E-state index in [-0.39, 0.29) is 5.91 Å². The second-order valence-corrected chi connectivity index (χ2v) is 5.84. The topological polar surface area (TPSA) is 42.0 Å². The van der Waals surface area contributed by atoms with Crippen LogP contribution in [0.3, 0.4) is 0 Å². The van der Waals surface area contributed by atoms with Crippen molar-refractivity contribution in [3.05, 3.63) is 57.5 Å². The third-order valence-corrected chi connectivity index (χ3v) is 4.12. The molecule has 0 saturated heterocycles. The molecule has 1 heterocycles. The lowest BCUT2D eigenvalue weighted by atomic mass is 10.2. The normalized spacial score (nSPS) is 10.7. The largest absolute Gasteiger partial charge is 0.322 e. The minimum atomic E-state index is -0.277. The molecule has 2 aromatic carbocycles. The van der Waals surface area contributed by atoms with Crippen LogP contribution >= 0.6 is 34.5 Å². The fourth-order valence-corrected chi connectivity index (χ4v) is 2.96. The van der Waals surface area contributed by atoms with E-state index in [2.05, 4.69) is 10.3 Å². The Hall–Kier alpha value is -1.62. The summed E-state index contributed by atoms with van der Waals surface area (Å²) in [5.41, 5.74) is 3.69. The minimum absolute atomic E-state index is 0.277. The number of nitrogens with one attached hydrogen (secondary N) is 1. The van der Waals surface area contributed by atoms with Crippen LogP contribution in [0.15, 0.2) is 41.9 Å². The van der Waals surface area contributed by atoms with Gasteiger partial charge in [0.25, 0.3) is 5.91 Å². The van der Waals surface area contributed by atoms with E-state index < -0.39 is 0 Å². The summed E-state index contributed by atoms with van der Waals surface area (Å²) in [6, 6.07) is 10.4. The van der Waals surface area contributed by atoms with Crippen LogP contribution in [-0.4, -0.2) is 10.9 Å². The first-order chi connectivity index (χ1) is 9.63. The van der Waals surface area contributed by atoms with E-state index in [1.165, 1.54) is 0 Å². The first kappa shape index (κ1) is 13.4. The van der Waals surface area contributed by atoms with Crippen LogP contribution in [0.4, 0.5) is 5.69 Å². The summed E-state index contributed by atoms with van der Waals surface area (Å²) in [4.78, 5) is 16.4. The molecule has 0 radical (unpaired) electrons. The van der Waals surface area contributed by atoms with Crippen molar-refractivity contribution in [1.29, 1.82) is 0 Å². The fraction of sp³-hybridized carbons (Fsp3) is 0. The molecule has 0 saturated carbocycles. The second-order valence-electron chi connectivity index (χ2n) is 4.11. The number of anilines is 1. The minimum Gasteiger partial charge on any atom is -0.322 e. The van der Waals surface area contributed by atoms with E-state index in [9.17, 15) is 4.79 Å². The number of carbonyl (C=O) groups is 1. The molecule has 0 atom stereocenters. The SMILES string of the molecule is O=C(Nc1ccc2scnc2c1)c1ccc(Cl)cc1Cl. The smallest absolute Gasteiger partial charge is 0.257 e. The lowest BCUT2D eigenvalue weighted by molar-refractivity contribution is 0.102. The maximum absolute atomic E-state index is 12.2. The second kappa shape index (κ2) is 5.40. The van der Waals surface area contributed by atoms with Gasteiger partial charge in [-0.05, 0) is 36.4 Å². The maximum Gasteiger partial charge on any atom is 0.257 e. The highest BCUT2D eigenvalue weighted by Gasteiger charge is 2.11. The van der Waals surface area contributed by atoms with E-state index in [0.717, 1.165) is 10.2 Å². The van der Waals surface area contributed by atoms with Gasteiger partial charge in [-0.15, -0.1) is 11.3 Å². The molecule has 1 aromatic heterocycles. The molecule has 0 aliphatic rings. The number of amides is 1. The third kappa shape index (κ3) is 2.63. The summed E-state index contributed by atoms with van der Waals surface area (Å²) in [6.45, 7) is 0. The Kier molecular flexibility index (Phi) is 3.61. The summed E-state index contributed by atoms with van der Waals surface area (Å²) >= 11 is 13.4. The molecule has 6 heteroatoms. The van der Waals surface area contributed by atoms with Crippen molar-refractivity contribution in [2.24, 2.45) is 0 Å². The number of aromatic nitrogens is 1. The molecule has 1 N–H and O–H groups in total. The van der Waals surface area contributed by atoms with Gasteiger partial charge in [-0.3, -0.25) is 4.79 Å². The number of halogens is 2. The van der Waals surface area contributed by atoms with Crippen LogP contribution in [0.5, 0.6) is 0 Å². The zero-order chi connectivity index (χ0) is 14.1. The number of nitrogens with zero attached hydrogens (tertiary/aromatic N) is 1. The molecule has 20 heavy (non-hydrogen) atoms. The molecular formula is C14H8Cl2N2OS. The molecule has 3 nitrogen and oxygen atoms in total. The summed E-state index contributed by atoms with van der Waals surface area (Å²) in [5, 5.41) is 3.62. The Balaban J connectivity index is 1.87. The van der Waals surface area contributed by atoms with Crippen LogP contribution in [0, 0.1) is 0 Å². The van der Waals surface area contributed by atoms with E-state index >= 15 is 0 Å². The lowest BCUT2D eigenvalue weighted by Crippen LogP contribution is -2.12. The fourth-order valence-electron chi connectivity index (χ4n) is 1.81. The molecule has 3 rings (SSSR count). The van der Waals surface area contributed by atoms with Crippen molar-refractivity contribution in [2.45, 2.75) is 0 Å². The Bertz CT molecular complexity index is 801. The van der Waals surface area contributed by atoms with Crippen molar-refractivity contribution < 1.29 is 4.79 Å². The third-order valence-electron chi connectivity index (χ3n) is 2.76. The van der Waals surface area contributed by atoms with Gasteiger partial charge in [-0.2, -0.15) is 0 Å². The Morgan fingerprint density at radius 1 is 1.15 bits per heavy atom. The highest BCUT2D eigenvalue weighted by Crippen LogP contribution is 2.24. The molecule has 1 amide bonds. The molecular weight excluding hydrogens is 315 g/mol. The number of carbonyl (C=O) groups excluding carboxylic acids is 1. The van der Waals surface area contributed by atoms with Gasteiger partial charge in [-0.1, -0.05) is 23.2 Å². The van der Waals surface area contributed by atoms with Crippen molar-refractivity contribution in [1.82, 2.24) is 4.98 Å². The molecule has 0 unspecified atom stereocenters. The number of thiazole rings is 1. The number of hydrogen-bond acceptors (Lipinski definition) is 3. The van der Waals surface area contributed by atoms with Crippen molar-refractivity contribution >= 4 is 56.3 Å². The van der Waals surface area contributed by atoms with Crippen LogP contribution < -0.4 is 5.32 Å². The monoisotopic (exact) mass is 322 g/mol. The molecule has 0 spiro atoms. The first-order valence-corrected chi connectivity index (χ1v) is 7.37. The lowest BCUT2D eigenvalue weighted by Gasteiger charge is -2.07. The standard InChI is InChI=1S/C14H8Cl2N2OS/c15-8-1-3-10(11(16)5-8)14(19)18-9-2-4-13-12(6-9)17-7-20-13/h1-7H,(H,18,19). The Morgan fingerprint density at radius 2 is 2.00 bits per heavy atom. The molecule has 100 valence electrons. The molecule has 0 fully saturated rings. The van der Waals surface area contributed by atoms with E-state index in [4.69, 9.17) is 23.2 Å². The quantitative estimate of drug-likeness (QED) is 0.732. The van der Waals surface area contributed by atoms with Gasteiger partial charge < -0.3 is 5.32 Å². The average Bonchev–Trinajstić information content (AvgIpc) is 2.85. The zero-order valence-corrected chi connectivity index (χ0v) is 12.4. The van der Waals surface area contributed by atoms with Gasteiger partial charge >= 0.3 is 0 Å². The number of hydrogen-bond donors (Lipinski definition) is 1. The van der Waals surface area contributed by atoms with Crippen LogP contribution in [-0.2, 0) is 0 Å². The van der Waals surface area contributed by atoms with Crippen molar-refractivity contribution in [2.75, 3.05) is 5.32 Å². The van der Waals surface area contributed by atoms with Gasteiger partial charge in [-0.25, -0.2) is 4.98 Å². The maximum atomic E-state index is 12.2. The van der Waals surface area contributed by atoms with Crippen molar-refractivity contribution in [3.63, 3.8) is 0 Å². The summed E-state index contributed by atoms with van der Waals surface area (Å²) in [6.07, 6.45) is 0. The van der Waals surface area contributed by atoms with Gasteiger partial charge in [0.05, 0.1) is 26.3 Å². The summed E-state index contributed by atoms with van der Waals surface area (Å²) in [5.74, 6) is -0.277. The predicted octanol–water partition coefficient (Wildman–Crippen LogP) is 4.86. The van der Waals surface area contributed by atoms with Gasteiger partial charge in [0.2, 0.25) is 0 Å². The highest BCUT2D eigenvalue weighted by molar-refractivity contribution is 7.16. The zero-order valence-electron chi connectivity index (χ0n) is 10.1. The molecule has 0 bridgehead atoms. The average molecular weight is 323 g/mol. The number of fused-ring (bicyclic) bond motifs is 1. The Morgan fingerprint density at radius 3 is 2.80 bits per heavy atom. The predicted molar refractivity (Wildman–Crippen MR) is 84.0 cm³/mol. The number of rotatable bonds is 2.